The number of hydrogen-bond acceptors (Lipinski definition) is 3. The van der Waals surface area contributed by atoms with Gasteiger partial charge in [0.1, 0.15) is 12.4 Å². The van der Waals surface area contributed by atoms with Crippen molar-refractivity contribution in [3.05, 3.63) is 87.2 Å². The number of aliphatic imine (C=N–C) groups is 1. The Kier molecular flexibility index (Phi) is 6.22. The summed E-state index contributed by atoms with van der Waals surface area (Å²) in [4.78, 5) is 4.46. The van der Waals surface area contributed by atoms with Gasteiger partial charge < -0.3 is 9.47 Å². The van der Waals surface area contributed by atoms with Gasteiger partial charge in [-0.15, -0.1) is 0 Å². The summed E-state index contributed by atoms with van der Waals surface area (Å²) in [6, 6.07) is 19.9. The van der Waals surface area contributed by atoms with Crippen molar-refractivity contribution in [3.8, 4) is 11.5 Å². The number of methoxy groups -OCH3 is 1. The maximum Gasteiger partial charge on any atom is 0.174 e. The van der Waals surface area contributed by atoms with Crippen LogP contribution in [0.4, 0.5) is 10.1 Å². The van der Waals surface area contributed by atoms with E-state index >= 15 is 0 Å². The predicted octanol–water partition coefficient (Wildman–Crippen LogP) is 5.77. The first-order chi connectivity index (χ1) is 12.7. The highest BCUT2D eigenvalue weighted by Crippen LogP contribution is 2.34. The summed E-state index contributed by atoms with van der Waals surface area (Å²) in [7, 11) is 1.60. The first-order valence-corrected chi connectivity index (χ1v) is 9.07. The summed E-state index contributed by atoms with van der Waals surface area (Å²) in [6.07, 6.45) is 1.79. The highest BCUT2D eigenvalue weighted by atomic mass is 127. The summed E-state index contributed by atoms with van der Waals surface area (Å²) in [6.45, 7) is 0.265. The highest BCUT2D eigenvalue weighted by molar-refractivity contribution is 14.1. The number of rotatable bonds is 6. The van der Waals surface area contributed by atoms with E-state index < -0.39 is 0 Å². The quantitative estimate of drug-likeness (QED) is 0.345. The number of hydrogen-bond donors (Lipinski definition) is 0. The lowest BCUT2D eigenvalue weighted by Crippen LogP contribution is -2.01. The lowest BCUT2D eigenvalue weighted by molar-refractivity contribution is 0.282. The zero-order valence-electron chi connectivity index (χ0n) is 14.2. The molecule has 26 heavy (non-hydrogen) atoms. The van der Waals surface area contributed by atoms with E-state index in [1.165, 1.54) is 12.1 Å². The van der Waals surface area contributed by atoms with Crippen molar-refractivity contribution in [2.75, 3.05) is 7.11 Å². The second-order valence-corrected chi connectivity index (χ2v) is 6.71. The molecule has 0 aliphatic heterocycles. The molecule has 3 aromatic rings. The molecule has 0 amide bonds. The van der Waals surface area contributed by atoms with Crippen LogP contribution in [-0.4, -0.2) is 13.3 Å². The van der Waals surface area contributed by atoms with Gasteiger partial charge in [0.2, 0.25) is 0 Å². The van der Waals surface area contributed by atoms with Gasteiger partial charge in [-0.25, -0.2) is 4.39 Å². The molecule has 3 aromatic carbocycles. The van der Waals surface area contributed by atoms with E-state index in [1.54, 1.807) is 19.4 Å². The fourth-order valence-electron chi connectivity index (χ4n) is 2.40. The SMILES string of the molecule is COc1cc(C=Nc2ccccc2)cc(I)c1OCc1cccc(F)c1. The molecule has 0 saturated heterocycles. The van der Waals surface area contributed by atoms with Crippen LogP contribution >= 0.6 is 22.6 Å². The summed E-state index contributed by atoms with van der Waals surface area (Å²) in [5.74, 6) is 0.970. The molecule has 0 aliphatic carbocycles. The van der Waals surface area contributed by atoms with Gasteiger partial charge in [-0.2, -0.15) is 0 Å². The summed E-state index contributed by atoms with van der Waals surface area (Å²) in [5.41, 5.74) is 2.55. The molecule has 0 unspecified atom stereocenters. The molecule has 3 rings (SSSR count). The van der Waals surface area contributed by atoms with Gasteiger partial charge in [-0.05, 0) is 70.1 Å². The van der Waals surface area contributed by atoms with Crippen molar-refractivity contribution < 1.29 is 13.9 Å². The van der Waals surface area contributed by atoms with Gasteiger partial charge in [-0.3, -0.25) is 4.99 Å². The smallest absolute Gasteiger partial charge is 0.174 e. The zero-order chi connectivity index (χ0) is 18.4. The Labute approximate surface area is 165 Å². The Balaban J connectivity index is 1.79. The molecule has 0 bridgehead atoms. The number of para-hydroxylation sites is 1. The van der Waals surface area contributed by atoms with Gasteiger partial charge >= 0.3 is 0 Å². The molecule has 0 fully saturated rings. The second-order valence-electron chi connectivity index (χ2n) is 5.55. The first kappa shape index (κ1) is 18.4. The third-order valence-corrected chi connectivity index (χ3v) is 4.44. The lowest BCUT2D eigenvalue weighted by Gasteiger charge is -2.13. The van der Waals surface area contributed by atoms with E-state index in [9.17, 15) is 4.39 Å². The fraction of sp³-hybridized carbons (Fsp3) is 0.0952. The van der Waals surface area contributed by atoms with Crippen molar-refractivity contribution in [2.45, 2.75) is 6.61 Å². The molecule has 0 N–H and O–H groups in total. The topological polar surface area (TPSA) is 30.8 Å². The monoisotopic (exact) mass is 461 g/mol. The minimum atomic E-state index is -0.278. The number of benzene rings is 3. The molecule has 0 atom stereocenters. The van der Waals surface area contributed by atoms with Crippen molar-refractivity contribution >= 4 is 34.5 Å². The third kappa shape index (κ3) is 4.82. The maximum absolute atomic E-state index is 13.3. The van der Waals surface area contributed by atoms with E-state index in [2.05, 4.69) is 27.6 Å². The molecule has 132 valence electrons. The molecule has 5 heteroatoms. The van der Waals surface area contributed by atoms with Gasteiger partial charge in [0, 0.05) is 6.21 Å². The van der Waals surface area contributed by atoms with Crippen LogP contribution in [-0.2, 0) is 6.61 Å². The molecule has 0 aliphatic rings. The largest absolute Gasteiger partial charge is 0.493 e. The molecule has 3 nitrogen and oxygen atoms in total. The third-order valence-electron chi connectivity index (χ3n) is 3.64. The maximum atomic E-state index is 13.3. The standard InChI is InChI=1S/C21H17FINO2/c1-25-20-12-16(13-24-18-8-3-2-4-9-18)11-19(23)21(20)26-14-15-6-5-7-17(22)10-15/h2-13H,14H2,1H3. The molecule has 0 heterocycles. The second kappa shape index (κ2) is 8.80. The van der Waals surface area contributed by atoms with Gasteiger partial charge in [-0.1, -0.05) is 30.3 Å². The van der Waals surface area contributed by atoms with Crippen molar-refractivity contribution in [1.82, 2.24) is 0 Å². The molecule has 0 aromatic heterocycles. The van der Waals surface area contributed by atoms with E-state index in [0.717, 1.165) is 20.4 Å². The molecular weight excluding hydrogens is 444 g/mol. The van der Waals surface area contributed by atoms with E-state index in [1.807, 2.05) is 48.5 Å². The Hall–Kier alpha value is -2.41. The number of nitrogens with zero attached hydrogens (tertiary/aromatic N) is 1. The zero-order valence-corrected chi connectivity index (χ0v) is 16.3. The summed E-state index contributed by atoms with van der Waals surface area (Å²) < 4.78 is 25.5. The van der Waals surface area contributed by atoms with Crippen LogP contribution < -0.4 is 9.47 Å². The minimum absolute atomic E-state index is 0.265. The van der Waals surface area contributed by atoms with Crippen LogP contribution in [0.3, 0.4) is 0 Å². The molecule has 0 spiro atoms. The van der Waals surface area contributed by atoms with Crippen LogP contribution in [0.1, 0.15) is 11.1 Å². The van der Waals surface area contributed by atoms with Crippen LogP contribution in [0.2, 0.25) is 0 Å². The Morgan fingerprint density at radius 3 is 2.58 bits per heavy atom. The van der Waals surface area contributed by atoms with Crippen LogP contribution in [0.15, 0.2) is 71.7 Å². The molecule has 0 radical (unpaired) electrons. The first-order valence-electron chi connectivity index (χ1n) is 7.99. The molecular formula is C21H17FINO2. The minimum Gasteiger partial charge on any atom is -0.493 e. The number of halogens is 2. The van der Waals surface area contributed by atoms with Crippen molar-refractivity contribution in [3.63, 3.8) is 0 Å². The van der Waals surface area contributed by atoms with E-state index in [0.29, 0.717) is 11.5 Å². The highest BCUT2D eigenvalue weighted by Gasteiger charge is 2.11. The number of ether oxygens (including phenoxy) is 2. The normalized spacial score (nSPS) is 10.9. The van der Waals surface area contributed by atoms with Gasteiger partial charge in [0.05, 0.1) is 16.4 Å². The average Bonchev–Trinajstić information content (AvgIpc) is 2.66. The lowest BCUT2D eigenvalue weighted by atomic mass is 10.2. The van der Waals surface area contributed by atoms with E-state index in [-0.39, 0.29) is 12.4 Å². The average molecular weight is 461 g/mol. The summed E-state index contributed by atoms with van der Waals surface area (Å²) in [5, 5.41) is 0. The van der Waals surface area contributed by atoms with Crippen LogP contribution in [0, 0.1) is 9.39 Å². The van der Waals surface area contributed by atoms with Gasteiger partial charge in [0.15, 0.2) is 11.5 Å². The fourth-order valence-corrected chi connectivity index (χ4v) is 3.18. The van der Waals surface area contributed by atoms with Crippen molar-refractivity contribution in [2.24, 2.45) is 4.99 Å². The predicted molar refractivity (Wildman–Crippen MR) is 110 cm³/mol. The Bertz CT molecular complexity index is 913. The van der Waals surface area contributed by atoms with Crippen LogP contribution in [0.25, 0.3) is 0 Å². The van der Waals surface area contributed by atoms with Crippen LogP contribution in [0.5, 0.6) is 11.5 Å². The van der Waals surface area contributed by atoms with Crippen molar-refractivity contribution in [1.29, 1.82) is 0 Å². The molecule has 0 saturated carbocycles. The van der Waals surface area contributed by atoms with Gasteiger partial charge in [0.25, 0.3) is 0 Å². The Morgan fingerprint density at radius 1 is 1.04 bits per heavy atom. The Morgan fingerprint density at radius 2 is 1.85 bits per heavy atom. The summed E-state index contributed by atoms with van der Waals surface area (Å²) >= 11 is 2.20. The van der Waals surface area contributed by atoms with E-state index in [4.69, 9.17) is 9.47 Å².